The van der Waals surface area contributed by atoms with E-state index in [2.05, 4.69) is 20.4 Å². The van der Waals surface area contributed by atoms with Crippen molar-refractivity contribution in [2.45, 2.75) is 58.0 Å². The van der Waals surface area contributed by atoms with E-state index in [1.54, 1.807) is 50.5 Å². The van der Waals surface area contributed by atoms with Crippen LogP contribution >= 0.6 is 11.6 Å². The van der Waals surface area contributed by atoms with E-state index >= 15 is 8.78 Å². The largest absolute Gasteiger partial charge is 0.493 e. The first kappa shape index (κ1) is 33.5. The molecule has 2 aromatic carbocycles. The van der Waals surface area contributed by atoms with Gasteiger partial charge in [-0.25, -0.2) is 8.78 Å². The summed E-state index contributed by atoms with van der Waals surface area (Å²) < 4.78 is 42.2. The Balaban J connectivity index is 1.58. The van der Waals surface area contributed by atoms with Crippen LogP contribution in [0.4, 0.5) is 8.78 Å². The molecule has 2 aromatic rings. The maximum atomic E-state index is 15.2. The topological polar surface area (TPSA) is 59.1 Å². The minimum atomic E-state index is -3.46. The molecule has 0 saturated carbocycles. The van der Waals surface area contributed by atoms with E-state index in [0.717, 1.165) is 32.6 Å². The van der Waals surface area contributed by atoms with Crippen molar-refractivity contribution in [3.05, 3.63) is 77.3 Å². The Morgan fingerprint density at radius 2 is 1.74 bits per heavy atom. The summed E-state index contributed by atoms with van der Waals surface area (Å²) in [7, 11) is 3.35. The van der Waals surface area contributed by atoms with Crippen LogP contribution in [0.2, 0.25) is 5.02 Å². The number of carbonyl (C=O) groups excluding carboxylic acids is 2. The van der Waals surface area contributed by atoms with Crippen molar-refractivity contribution < 1.29 is 27.8 Å². The molecule has 9 heteroatoms. The lowest BCUT2D eigenvalue weighted by Gasteiger charge is -2.43. The highest BCUT2D eigenvalue weighted by atomic mass is 35.5. The highest BCUT2D eigenvalue weighted by molar-refractivity contribution is 6.34. The lowest BCUT2D eigenvalue weighted by molar-refractivity contribution is -0.214. The number of likely N-dealkylation sites (tertiary alicyclic amines) is 1. The first-order chi connectivity index (χ1) is 19.7. The molecule has 1 heterocycles. The number of hydrogen-bond acceptors (Lipinski definition) is 4. The fourth-order valence-corrected chi connectivity index (χ4v) is 5.54. The van der Waals surface area contributed by atoms with Crippen LogP contribution < -0.4 is 4.74 Å². The second-order valence-corrected chi connectivity index (χ2v) is 12.5. The molecule has 2 amide bonds. The van der Waals surface area contributed by atoms with Gasteiger partial charge in [0.2, 0.25) is 5.60 Å². The summed E-state index contributed by atoms with van der Waals surface area (Å²) >= 11 is 6.32. The van der Waals surface area contributed by atoms with E-state index in [9.17, 15) is 9.59 Å². The lowest BCUT2D eigenvalue weighted by atomic mass is 9.81. The Kier molecular flexibility index (Phi) is 11.2. The molecule has 230 valence electrons. The number of nitrogens with zero attached hydrogens (tertiary/aromatic N) is 2. The Labute approximate surface area is 253 Å². The summed E-state index contributed by atoms with van der Waals surface area (Å²) in [4.78, 5) is 29.0. The second-order valence-electron chi connectivity index (χ2n) is 12.1. The van der Waals surface area contributed by atoms with Crippen molar-refractivity contribution in [2.75, 3.05) is 40.4 Å². The molecule has 0 radical (unpaired) electrons. The van der Waals surface area contributed by atoms with Crippen LogP contribution in [0.3, 0.4) is 0 Å². The average Bonchev–Trinajstić information content (AvgIpc) is 2.95. The number of amides is 2. The molecule has 6 nitrogen and oxygen atoms in total. The number of piperidine rings is 1. The Hall–Kier alpha value is -2.97. The molecular formula is C33H43ClF2N2O4. The van der Waals surface area contributed by atoms with Crippen LogP contribution in [0, 0.1) is 11.3 Å². The summed E-state index contributed by atoms with van der Waals surface area (Å²) in [6.07, 6.45) is 4.64. The fourth-order valence-electron chi connectivity index (χ4n) is 5.29. The maximum absolute atomic E-state index is 15.2. The van der Waals surface area contributed by atoms with Crippen LogP contribution in [0.25, 0.3) is 0 Å². The average molecular weight is 605 g/mol. The molecule has 1 atom stereocenters. The fraction of sp³-hybridized carbons (Fsp3) is 0.515. The molecule has 1 unspecified atom stereocenters. The molecule has 1 aliphatic heterocycles. The van der Waals surface area contributed by atoms with Crippen LogP contribution in [-0.4, -0.2) is 67.9 Å². The molecule has 1 saturated heterocycles. The molecule has 0 bridgehead atoms. The van der Waals surface area contributed by atoms with Gasteiger partial charge in [-0.1, -0.05) is 61.9 Å². The van der Waals surface area contributed by atoms with Gasteiger partial charge in [-0.3, -0.25) is 9.59 Å². The molecule has 0 aliphatic carbocycles. The Morgan fingerprint density at radius 1 is 1.10 bits per heavy atom. The molecule has 0 spiro atoms. The normalized spacial score (nSPS) is 16.0. The van der Waals surface area contributed by atoms with Crippen LogP contribution in [0.1, 0.15) is 62.4 Å². The zero-order valence-corrected chi connectivity index (χ0v) is 26.1. The van der Waals surface area contributed by atoms with Crippen molar-refractivity contribution in [1.82, 2.24) is 9.80 Å². The summed E-state index contributed by atoms with van der Waals surface area (Å²) in [6, 6.07) is 13.1. The van der Waals surface area contributed by atoms with Gasteiger partial charge < -0.3 is 19.3 Å². The summed E-state index contributed by atoms with van der Waals surface area (Å²) in [6.45, 7) is 9.65. The van der Waals surface area contributed by atoms with E-state index in [1.807, 2.05) is 0 Å². The number of halogens is 3. The molecular weight excluding hydrogens is 562 g/mol. The third-order valence-electron chi connectivity index (χ3n) is 7.86. The van der Waals surface area contributed by atoms with Gasteiger partial charge in [0.25, 0.3) is 17.7 Å². The second kappa shape index (κ2) is 14.0. The highest BCUT2D eigenvalue weighted by Crippen LogP contribution is 2.43. The SMILES string of the molecule is C=CCOC(C(=O)N1CCC(CCC(C)(C)COc2ccc(C(=O)N(C)C)c(Cl)c2)CC1)(c1ccccc1)C(C)(F)F. The van der Waals surface area contributed by atoms with Gasteiger partial charge in [0.05, 0.1) is 23.8 Å². The van der Waals surface area contributed by atoms with E-state index in [1.165, 1.54) is 28.0 Å². The van der Waals surface area contributed by atoms with Crippen LogP contribution in [-0.2, 0) is 15.1 Å². The number of ether oxygens (including phenoxy) is 2. The smallest absolute Gasteiger partial charge is 0.287 e. The van der Waals surface area contributed by atoms with Gasteiger partial charge in [-0.2, -0.15) is 0 Å². The highest BCUT2D eigenvalue weighted by Gasteiger charge is 2.60. The van der Waals surface area contributed by atoms with Gasteiger partial charge in [0.1, 0.15) is 5.75 Å². The first-order valence-electron chi connectivity index (χ1n) is 14.3. The van der Waals surface area contributed by atoms with Gasteiger partial charge in [-0.15, -0.1) is 6.58 Å². The number of alkyl halides is 2. The minimum absolute atomic E-state index is 0.133. The Morgan fingerprint density at radius 3 is 2.29 bits per heavy atom. The zero-order valence-electron chi connectivity index (χ0n) is 25.3. The van der Waals surface area contributed by atoms with Crippen molar-refractivity contribution in [1.29, 1.82) is 0 Å². The molecule has 0 aromatic heterocycles. The predicted octanol–water partition coefficient (Wildman–Crippen LogP) is 7.22. The van der Waals surface area contributed by atoms with Gasteiger partial charge in [0.15, 0.2) is 0 Å². The van der Waals surface area contributed by atoms with Crippen LogP contribution in [0.15, 0.2) is 61.2 Å². The predicted molar refractivity (Wildman–Crippen MR) is 162 cm³/mol. The number of carbonyl (C=O) groups is 2. The van der Waals surface area contributed by atoms with E-state index < -0.39 is 17.4 Å². The zero-order chi connectivity index (χ0) is 31.1. The summed E-state index contributed by atoms with van der Waals surface area (Å²) in [5.41, 5.74) is -2.00. The molecule has 1 aliphatic rings. The van der Waals surface area contributed by atoms with Gasteiger partial charge in [0, 0.05) is 34.1 Å². The summed E-state index contributed by atoms with van der Waals surface area (Å²) in [5.74, 6) is -3.38. The molecule has 42 heavy (non-hydrogen) atoms. The van der Waals surface area contributed by atoms with Crippen LogP contribution in [0.5, 0.6) is 5.75 Å². The summed E-state index contributed by atoms with van der Waals surface area (Å²) in [5, 5.41) is 0.345. The molecule has 0 N–H and O–H groups in total. The third-order valence-corrected chi connectivity index (χ3v) is 8.17. The van der Waals surface area contributed by atoms with Crippen molar-refractivity contribution in [3.8, 4) is 5.75 Å². The molecule has 1 fully saturated rings. The van der Waals surface area contributed by atoms with E-state index in [0.29, 0.717) is 41.9 Å². The lowest BCUT2D eigenvalue weighted by Crippen LogP contribution is -2.59. The third kappa shape index (κ3) is 7.90. The monoisotopic (exact) mass is 604 g/mol. The first-order valence-corrected chi connectivity index (χ1v) is 14.7. The minimum Gasteiger partial charge on any atom is -0.493 e. The van der Waals surface area contributed by atoms with Crippen molar-refractivity contribution in [2.24, 2.45) is 11.3 Å². The maximum Gasteiger partial charge on any atom is 0.287 e. The number of rotatable bonds is 13. The number of benzene rings is 2. The van der Waals surface area contributed by atoms with Gasteiger partial charge >= 0.3 is 0 Å². The molecule has 3 rings (SSSR count). The standard InChI is InChI=1S/C33H43ClF2N2O4/c1-7-21-42-33(32(4,35)36,25-11-9-8-10-12-25)30(40)38-19-16-24(17-20-38)15-18-31(2,3)23-41-26-13-14-27(28(34)22-26)29(39)37(5)6/h7-14,22,24H,1,15-21,23H2,2-6H3. The van der Waals surface area contributed by atoms with Crippen molar-refractivity contribution >= 4 is 23.4 Å². The number of hydrogen-bond donors (Lipinski definition) is 0. The quantitative estimate of drug-likeness (QED) is 0.227. The van der Waals surface area contributed by atoms with E-state index in [-0.39, 0.29) is 23.5 Å². The van der Waals surface area contributed by atoms with Crippen molar-refractivity contribution in [3.63, 3.8) is 0 Å². The Bertz CT molecular complexity index is 1220. The van der Waals surface area contributed by atoms with Gasteiger partial charge in [-0.05, 0) is 60.8 Å². The van der Waals surface area contributed by atoms with E-state index in [4.69, 9.17) is 21.1 Å².